The first-order valence-electron chi connectivity index (χ1n) is 6.42. The average Bonchev–Trinajstić information content (AvgIpc) is 2.37. The molecule has 1 aliphatic heterocycles. The van der Waals surface area contributed by atoms with E-state index in [2.05, 4.69) is 10.6 Å². The number of phenols is 1. The maximum Gasteiger partial charge on any atom is 0.171 e. The predicted molar refractivity (Wildman–Crippen MR) is 76.6 cm³/mol. The second-order valence-electron chi connectivity index (χ2n) is 4.97. The number of thiocarbonyl (C=S) groups is 1. The number of hydrogen-bond acceptors (Lipinski definition) is 3. The van der Waals surface area contributed by atoms with E-state index in [1.807, 2.05) is 6.07 Å². The molecule has 1 heterocycles. The maximum absolute atomic E-state index is 10.2. The summed E-state index contributed by atoms with van der Waals surface area (Å²) < 4.78 is 0. The van der Waals surface area contributed by atoms with Gasteiger partial charge >= 0.3 is 0 Å². The standard InChI is InChI=1S/C14H16N2O2S/c17-9-4-1-3-8(7-9)13-12-10(15-14(19)16-13)5-2-6-11(12)18/h1,3-4,7,11,13,17-18H,2,5-6H2,(H2,15,16,19)/t11?,13-/m0/s1. The predicted octanol–water partition coefficient (Wildman–Crippen LogP) is 1.71. The molecule has 100 valence electrons. The van der Waals surface area contributed by atoms with E-state index in [1.165, 1.54) is 0 Å². The van der Waals surface area contributed by atoms with E-state index >= 15 is 0 Å². The topological polar surface area (TPSA) is 64.5 Å². The largest absolute Gasteiger partial charge is 0.508 e. The number of phenolic OH excluding ortho intramolecular Hbond substituents is 1. The first-order chi connectivity index (χ1) is 9.15. The zero-order valence-corrected chi connectivity index (χ0v) is 11.2. The van der Waals surface area contributed by atoms with E-state index in [1.54, 1.807) is 18.2 Å². The van der Waals surface area contributed by atoms with Crippen LogP contribution in [0.4, 0.5) is 0 Å². The number of benzene rings is 1. The summed E-state index contributed by atoms with van der Waals surface area (Å²) in [6, 6.07) is 6.91. The zero-order chi connectivity index (χ0) is 13.4. The minimum Gasteiger partial charge on any atom is -0.508 e. The van der Waals surface area contributed by atoms with Gasteiger partial charge in [0.25, 0.3) is 0 Å². The van der Waals surface area contributed by atoms with E-state index in [0.29, 0.717) is 5.11 Å². The lowest BCUT2D eigenvalue weighted by Gasteiger charge is -2.37. The fourth-order valence-electron chi connectivity index (χ4n) is 2.82. The average molecular weight is 276 g/mol. The summed E-state index contributed by atoms with van der Waals surface area (Å²) in [6.45, 7) is 0. The van der Waals surface area contributed by atoms with Crippen molar-refractivity contribution >= 4 is 17.3 Å². The normalized spacial score (nSPS) is 26.5. The van der Waals surface area contributed by atoms with Gasteiger partial charge in [-0.25, -0.2) is 0 Å². The van der Waals surface area contributed by atoms with Gasteiger partial charge in [-0.2, -0.15) is 0 Å². The van der Waals surface area contributed by atoms with E-state index in [-0.39, 0.29) is 11.8 Å². The Bertz CT molecular complexity index is 556. The van der Waals surface area contributed by atoms with E-state index in [4.69, 9.17) is 12.2 Å². The molecule has 1 aromatic rings. The molecule has 0 fully saturated rings. The highest BCUT2D eigenvalue weighted by molar-refractivity contribution is 7.80. The second kappa shape index (κ2) is 4.83. The van der Waals surface area contributed by atoms with Crippen molar-refractivity contribution in [2.24, 2.45) is 0 Å². The van der Waals surface area contributed by atoms with Crippen LogP contribution >= 0.6 is 12.2 Å². The van der Waals surface area contributed by atoms with Crippen LogP contribution in [0.2, 0.25) is 0 Å². The van der Waals surface area contributed by atoms with Gasteiger partial charge in [0.2, 0.25) is 0 Å². The van der Waals surface area contributed by atoms with Gasteiger partial charge in [0.15, 0.2) is 5.11 Å². The lowest BCUT2D eigenvalue weighted by molar-refractivity contribution is 0.176. The Hall–Kier alpha value is -1.59. The first kappa shape index (κ1) is 12.4. The number of nitrogens with one attached hydrogen (secondary N) is 2. The summed E-state index contributed by atoms with van der Waals surface area (Å²) in [5, 5.41) is 26.8. The van der Waals surface area contributed by atoms with Crippen LogP contribution < -0.4 is 10.6 Å². The van der Waals surface area contributed by atoms with Gasteiger partial charge in [-0.15, -0.1) is 0 Å². The van der Waals surface area contributed by atoms with Crippen LogP contribution in [0.1, 0.15) is 30.9 Å². The minimum atomic E-state index is -0.459. The fraction of sp³-hybridized carbons (Fsp3) is 0.357. The third-order valence-electron chi connectivity index (χ3n) is 3.67. The molecular formula is C14H16N2O2S. The molecule has 0 saturated carbocycles. The molecule has 1 unspecified atom stereocenters. The third kappa shape index (κ3) is 2.31. The summed E-state index contributed by atoms with van der Waals surface area (Å²) in [6.07, 6.45) is 2.18. The quantitative estimate of drug-likeness (QED) is 0.588. The summed E-state index contributed by atoms with van der Waals surface area (Å²) in [4.78, 5) is 0. The van der Waals surface area contributed by atoms with Crippen LogP contribution in [0.5, 0.6) is 5.75 Å². The number of aliphatic hydroxyl groups is 1. The van der Waals surface area contributed by atoms with Crippen molar-refractivity contribution in [3.05, 3.63) is 41.1 Å². The van der Waals surface area contributed by atoms with Gasteiger partial charge in [0.1, 0.15) is 5.75 Å². The van der Waals surface area contributed by atoms with Crippen LogP contribution in [-0.4, -0.2) is 21.4 Å². The van der Waals surface area contributed by atoms with Crippen molar-refractivity contribution < 1.29 is 10.2 Å². The molecule has 3 rings (SSSR count). The summed E-state index contributed by atoms with van der Waals surface area (Å²) in [5.74, 6) is 0.219. The summed E-state index contributed by atoms with van der Waals surface area (Å²) in [5.41, 5.74) is 2.89. The van der Waals surface area contributed by atoms with E-state index in [9.17, 15) is 10.2 Å². The highest BCUT2D eigenvalue weighted by Gasteiger charge is 2.33. The Morgan fingerprint density at radius 1 is 1.32 bits per heavy atom. The molecule has 1 aromatic carbocycles. The van der Waals surface area contributed by atoms with E-state index < -0.39 is 6.10 Å². The molecule has 1 aliphatic carbocycles. The Kier molecular flexibility index (Phi) is 3.16. The number of hydrogen-bond donors (Lipinski definition) is 4. The minimum absolute atomic E-state index is 0.161. The SMILES string of the molecule is Oc1cccc([C@@H]2NC(=S)NC3=C2C(O)CCC3)c1. The molecule has 0 aromatic heterocycles. The van der Waals surface area contributed by atoms with Crippen LogP contribution in [-0.2, 0) is 0 Å². The molecule has 0 spiro atoms. The molecule has 4 nitrogen and oxygen atoms in total. The Labute approximate surface area is 117 Å². The number of rotatable bonds is 1. The van der Waals surface area contributed by atoms with Crippen molar-refractivity contribution in [1.82, 2.24) is 10.6 Å². The number of aromatic hydroxyl groups is 1. The first-order valence-corrected chi connectivity index (χ1v) is 6.83. The van der Waals surface area contributed by atoms with Crippen molar-refractivity contribution in [3.8, 4) is 5.75 Å². The highest BCUT2D eigenvalue weighted by atomic mass is 32.1. The molecule has 0 radical (unpaired) electrons. The van der Waals surface area contributed by atoms with Gasteiger partial charge in [-0.1, -0.05) is 12.1 Å². The van der Waals surface area contributed by atoms with E-state index in [0.717, 1.165) is 36.1 Å². The fourth-order valence-corrected chi connectivity index (χ4v) is 3.06. The zero-order valence-electron chi connectivity index (χ0n) is 10.4. The summed E-state index contributed by atoms with van der Waals surface area (Å²) >= 11 is 5.22. The van der Waals surface area contributed by atoms with Crippen molar-refractivity contribution in [2.45, 2.75) is 31.4 Å². The molecule has 19 heavy (non-hydrogen) atoms. The molecule has 4 N–H and O–H groups in total. The molecular weight excluding hydrogens is 260 g/mol. The third-order valence-corrected chi connectivity index (χ3v) is 3.89. The molecule has 0 amide bonds. The van der Waals surface area contributed by atoms with Crippen LogP contribution in [0.25, 0.3) is 0 Å². The van der Waals surface area contributed by atoms with Crippen LogP contribution in [0.15, 0.2) is 35.5 Å². The van der Waals surface area contributed by atoms with Crippen molar-refractivity contribution in [1.29, 1.82) is 0 Å². The molecule has 5 heteroatoms. The Morgan fingerprint density at radius 2 is 2.16 bits per heavy atom. The van der Waals surface area contributed by atoms with Crippen LogP contribution in [0, 0.1) is 0 Å². The lowest BCUT2D eigenvalue weighted by atomic mass is 9.84. The highest BCUT2D eigenvalue weighted by Crippen LogP contribution is 2.36. The molecule has 2 atom stereocenters. The van der Waals surface area contributed by atoms with Crippen molar-refractivity contribution in [2.75, 3.05) is 0 Å². The van der Waals surface area contributed by atoms with Crippen molar-refractivity contribution in [3.63, 3.8) is 0 Å². The van der Waals surface area contributed by atoms with Gasteiger partial charge in [-0.3, -0.25) is 0 Å². The van der Waals surface area contributed by atoms with Gasteiger partial charge in [-0.05, 0) is 49.2 Å². The Balaban J connectivity index is 2.05. The molecule has 0 bridgehead atoms. The Morgan fingerprint density at radius 3 is 2.95 bits per heavy atom. The lowest BCUT2D eigenvalue weighted by Crippen LogP contribution is -2.47. The smallest absolute Gasteiger partial charge is 0.171 e. The summed E-state index contributed by atoms with van der Waals surface area (Å²) in [7, 11) is 0. The second-order valence-corrected chi connectivity index (χ2v) is 5.38. The molecule has 2 aliphatic rings. The van der Waals surface area contributed by atoms with Gasteiger partial charge in [0, 0.05) is 11.3 Å². The molecule has 0 saturated heterocycles. The monoisotopic (exact) mass is 276 g/mol. The van der Waals surface area contributed by atoms with Gasteiger partial charge in [0.05, 0.1) is 12.1 Å². The van der Waals surface area contributed by atoms with Gasteiger partial charge < -0.3 is 20.8 Å². The number of aliphatic hydroxyl groups excluding tert-OH is 1. The number of allylic oxidation sites excluding steroid dienone is 1. The maximum atomic E-state index is 10.2. The van der Waals surface area contributed by atoms with Crippen LogP contribution in [0.3, 0.4) is 0 Å².